The summed E-state index contributed by atoms with van der Waals surface area (Å²) in [4.78, 5) is 0. The molecule has 2 aliphatic heterocycles. The number of rotatable bonds is 4. The van der Waals surface area contributed by atoms with Crippen molar-refractivity contribution in [3.05, 3.63) is 0 Å². The highest BCUT2D eigenvalue weighted by molar-refractivity contribution is 7.89. The van der Waals surface area contributed by atoms with Crippen LogP contribution < -0.4 is 0 Å². The number of hydrogen-bond acceptors (Lipinski definition) is 3. The van der Waals surface area contributed by atoms with Crippen LogP contribution in [0.2, 0.25) is 0 Å². The summed E-state index contributed by atoms with van der Waals surface area (Å²) >= 11 is 0. The second-order valence-electron chi connectivity index (χ2n) is 8.17. The molecular formula is C16H25F2NO3S. The zero-order valence-corrected chi connectivity index (χ0v) is 14.3. The van der Waals surface area contributed by atoms with E-state index >= 15 is 0 Å². The molecule has 2 bridgehead atoms. The van der Waals surface area contributed by atoms with Gasteiger partial charge >= 0.3 is 0 Å². The topological polar surface area (TPSA) is 46.6 Å². The summed E-state index contributed by atoms with van der Waals surface area (Å²) < 4.78 is 61.4. The number of ether oxygens (including phenoxy) is 1. The zero-order valence-electron chi connectivity index (χ0n) is 13.5. The van der Waals surface area contributed by atoms with Crippen molar-refractivity contribution in [2.24, 2.45) is 23.2 Å². The minimum absolute atomic E-state index is 0.0751. The van der Waals surface area contributed by atoms with Crippen LogP contribution in [0.25, 0.3) is 0 Å². The fraction of sp³-hybridized carbons (Fsp3) is 1.00. The Kier molecular flexibility index (Phi) is 3.60. The van der Waals surface area contributed by atoms with Gasteiger partial charge in [0.15, 0.2) is 0 Å². The molecule has 0 spiro atoms. The molecule has 132 valence electrons. The molecule has 4 atom stereocenters. The molecule has 4 nitrogen and oxygen atoms in total. The normalized spacial score (nSPS) is 40.0. The summed E-state index contributed by atoms with van der Waals surface area (Å²) in [5, 5.41) is 0. The van der Waals surface area contributed by atoms with Gasteiger partial charge in [-0.05, 0) is 56.8 Å². The molecule has 2 saturated carbocycles. The maximum atomic E-state index is 14.3. The minimum atomic E-state index is -3.66. The largest absolute Gasteiger partial charge is 0.381 e. The van der Waals surface area contributed by atoms with E-state index in [4.69, 9.17) is 4.74 Å². The van der Waals surface area contributed by atoms with Gasteiger partial charge in [0.05, 0.1) is 11.2 Å². The molecule has 0 amide bonds. The highest BCUT2D eigenvalue weighted by Gasteiger charge is 2.59. The van der Waals surface area contributed by atoms with Gasteiger partial charge in [0, 0.05) is 25.8 Å². The van der Waals surface area contributed by atoms with Crippen molar-refractivity contribution in [3.8, 4) is 0 Å². The van der Waals surface area contributed by atoms with Crippen LogP contribution in [0.15, 0.2) is 0 Å². The first-order valence-corrected chi connectivity index (χ1v) is 10.3. The Morgan fingerprint density at radius 1 is 1.22 bits per heavy atom. The van der Waals surface area contributed by atoms with E-state index in [2.05, 4.69) is 0 Å². The summed E-state index contributed by atoms with van der Waals surface area (Å²) in [7, 11) is -3.66. The molecule has 4 aliphatic rings. The Balaban J connectivity index is 1.59. The van der Waals surface area contributed by atoms with Crippen molar-refractivity contribution in [1.29, 1.82) is 0 Å². The first-order chi connectivity index (χ1) is 10.7. The molecule has 0 aromatic heterocycles. The summed E-state index contributed by atoms with van der Waals surface area (Å²) in [6, 6.07) is 0.0751. The van der Waals surface area contributed by atoms with Crippen LogP contribution in [0.4, 0.5) is 8.78 Å². The second-order valence-corrected chi connectivity index (χ2v) is 10.1. The van der Waals surface area contributed by atoms with Crippen LogP contribution in [0, 0.1) is 23.2 Å². The van der Waals surface area contributed by atoms with Crippen LogP contribution in [0.1, 0.15) is 39.0 Å². The molecule has 4 unspecified atom stereocenters. The Bertz CT molecular complexity index is 581. The minimum Gasteiger partial charge on any atom is -0.381 e. The van der Waals surface area contributed by atoms with Crippen molar-refractivity contribution in [3.63, 3.8) is 0 Å². The van der Waals surface area contributed by atoms with Gasteiger partial charge in [-0.15, -0.1) is 0 Å². The Morgan fingerprint density at radius 3 is 2.48 bits per heavy atom. The lowest BCUT2D eigenvalue weighted by Crippen LogP contribution is -2.51. The monoisotopic (exact) mass is 349 g/mol. The third kappa shape index (κ3) is 2.45. The van der Waals surface area contributed by atoms with Gasteiger partial charge in [0.1, 0.15) is 0 Å². The third-order valence-corrected chi connectivity index (χ3v) is 8.95. The van der Waals surface area contributed by atoms with Gasteiger partial charge in [-0.1, -0.05) is 0 Å². The molecule has 0 aromatic rings. The van der Waals surface area contributed by atoms with E-state index in [0.717, 1.165) is 26.2 Å². The van der Waals surface area contributed by atoms with E-state index in [1.165, 1.54) is 0 Å². The van der Waals surface area contributed by atoms with Crippen molar-refractivity contribution in [2.45, 2.75) is 51.0 Å². The quantitative estimate of drug-likeness (QED) is 0.783. The molecule has 0 N–H and O–H groups in total. The van der Waals surface area contributed by atoms with E-state index in [-0.39, 0.29) is 32.1 Å². The molecule has 4 rings (SSSR count). The van der Waals surface area contributed by atoms with E-state index in [1.807, 2.05) is 0 Å². The molecule has 4 fully saturated rings. The first-order valence-electron chi connectivity index (χ1n) is 8.67. The lowest BCUT2D eigenvalue weighted by Gasteiger charge is -2.42. The van der Waals surface area contributed by atoms with E-state index in [0.29, 0.717) is 24.3 Å². The number of sulfonamides is 1. The van der Waals surface area contributed by atoms with Gasteiger partial charge in [0.2, 0.25) is 10.0 Å². The zero-order chi connectivity index (χ0) is 16.5. The number of nitrogens with zero attached hydrogens (tertiary/aromatic N) is 1. The van der Waals surface area contributed by atoms with E-state index in [1.54, 1.807) is 4.31 Å². The number of alkyl halides is 2. The molecule has 2 saturated heterocycles. The molecule has 2 heterocycles. The second kappa shape index (κ2) is 5.11. The Labute approximate surface area is 136 Å². The Hall–Kier alpha value is -0.270. The fourth-order valence-electron chi connectivity index (χ4n) is 5.59. The molecule has 23 heavy (non-hydrogen) atoms. The summed E-state index contributed by atoms with van der Waals surface area (Å²) in [5.41, 5.74) is -1.48. The van der Waals surface area contributed by atoms with Crippen molar-refractivity contribution in [2.75, 3.05) is 25.5 Å². The molecule has 7 heteroatoms. The lowest BCUT2D eigenvalue weighted by atomic mass is 9.77. The van der Waals surface area contributed by atoms with Crippen LogP contribution in [-0.2, 0) is 14.8 Å². The Morgan fingerprint density at radius 2 is 1.91 bits per heavy atom. The van der Waals surface area contributed by atoms with E-state index in [9.17, 15) is 17.2 Å². The summed E-state index contributed by atoms with van der Waals surface area (Å²) in [6.45, 7) is 1.86. The number of halogens is 2. The first kappa shape index (κ1) is 16.2. The van der Waals surface area contributed by atoms with Gasteiger partial charge < -0.3 is 4.74 Å². The maximum absolute atomic E-state index is 14.3. The smallest absolute Gasteiger partial charge is 0.252 e. The highest BCUT2D eigenvalue weighted by Crippen LogP contribution is 2.56. The van der Waals surface area contributed by atoms with Crippen LogP contribution in [0.5, 0.6) is 0 Å². The van der Waals surface area contributed by atoms with Gasteiger partial charge in [-0.2, -0.15) is 4.31 Å². The lowest BCUT2D eigenvalue weighted by molar-refractivity contribution is -0.139. The molecular weight excluding hydrogens is 324 g/mol. The predicted octanol–water partition coefficient (Wildman–Crippen LogP) is 2.50. The number of fused-ring (bicyclic) bond motifs is 1. The predicted molar refractivity (Wildman–Crippen MR) is 81.7 cm³/mol. The van der Waals surface area contributed by atoms with Crippen molar-refractivity contribution < 1.29 is 21.9 Å². The standard InChI is InChI=1S/C16H25F2NO3S/c1-15(17,18)16(2-4-22-5-3-16)10-23(20,21)19-9-12-6-11-7-13(12)14(19)8-11/h11-14H,2-10H2,1H3. The van der Waals surface area contributed by atoms with Crippen molar-refractivity contribution >= 4 is 10.0 Å². The van der Waals surface area contributed by atoms with Gasteiger partial charge in [-0.25, -0.2) is 17.2 Å². The molecule has 0 radical (unpaired) electrons. The summed E-state index contributed by atoms with van der Waals surface area (Å²) in [5.74, 6) is -1.86. The maximum Gasteiger partial charge on any atom is 0.252 e. The third-order valence-electron chi connectivity index (χ3n) is 6.90. The van der Waals surface area contributed by atoms with Crippen LogP contribution >= 0.6 is 0 Å². The van der Waals surface area contributed by atoms with Gasteiger partial charge in [-0.3, -0.25) is 0 Å². The average Bonchev–Trinajstić information content (AvgIpc) is 3.06. The van der Waals surface area contributed by atoms with E-state index < -0.39 is 27.1 Å². The van der Waals surface area contributed by atoms with Crippen LogP contribution in [-0.4, -0.2) is 50.2 Å². The SMILES string of the molecule is CC(F)(F)C1(CS(=O)(=O)N2CC3CC4CC3C2C4)CCOCC1. The molecule has 2 aliphatic carbocycles. The average molecular weight is 349 g/mol. The van der Waals surface area contributed by atoms with Crippen molar-refractivity contribution in [1.82, 2.24) is 4.31 Å². The van der Waals surface area contributed by atoms with Crippen LogP contribution in [0.3, 0.4) is 0 Å². The highest BCUT2D eigenvalue weighted by atomic mass is 32.2. The number of hydrogen-bond donors (Lipinski definition) is 0. The molecule has 0 aromatic carbocycles. The van der Waals surface area contributed by atoms with Gasteiger partial charge in [0.25, 0.3) is 5.92 Å². The fourth-order valence-corrected chi connectivity index (χ4v) is 8.07. The summed E-state index contributed by atoms with van der Waals surface area (Å²) in [6.07, 6.45) is 3.41.